The maximum atomic E-state index is 12.2. The SMILES string of the molecule is Cc1cccc(NS(=O)(=O)c2ccnc(N)c2)c1C#N. The molecule has 7 heteroatoms. The summed E-state index contributed by atoms with van der Waals surface area (Å²) >= 11 is 0. The summed E-state index contributed by atoms with van der Waals surface area (Å²) in [5, 5.41) is 9.10. The summed E-state index contributed by atoms with van der Waals surface area (Å²) in [5.74, 6) is 0.109. The summed E-state index contributed by atoms with van der Waals surface area (Å²) in [4.78, 5) is 3.74. The van der Waals surface area contributed by atoms with E-state index in [1.165, 1.54) is 24.4 Å². The highest BCUT2D eigenvalue weighted by molar-refractivity contribution is 7.92. The maximum Gasteiger partial charge on any atom is 0.262 e. The van der Waals surface area contributed by atoms with E-state index in [-0.39, 0.29) is 22.0 Å². The van der Waals surface area contributed by atoms with E-state index in [1.807, 2.05) is 6.07 Å². The van der Waals surface area contributed by atoms with Crippen LogP contribution in [0.1, 0.15) is 11.1 Å². The van der Waals surface area contributed by atoms with E-state index >= 15 is 0 Å². The van der Waals surface area contributed by atoms with Gasteiger partial charge in [-0.2, -0.15) is 5.26 Å². The van der Waals surface area contributed by atoms with Crippen LogP contribution in [-0.4, -0.2) is 13.4 Å². The van der Waals surface area contributed by atoms with Gasteiger partial charge >= 0.3 is 0 Å². The zero-order valence-electron chi connectivity index (χ0n) is 10.7. The average Bonchev–Trinajstić information content (AvgIpc) is 2.38. The zero-order valence-corrected chi connectivity index (χ0v) is 11.5. The molecular formula is C13H12N4O2S. The fourth-order valence-corrected chi connectivity index (χ4v) is 2.79. The molecule has 2 rings (SSSR count). The molecule has 0 fully saturated rings. The normalized spacial score (nSPS) is 10.8. The van der Waals surface area contributed by atoms with E-state index in [1.54, 1.807) is 19.1 Å². The molecule has 0 atom stereocenters. The Bertz CT molecular complexity index is 794. The number of nitrogens with one attached hydrogen (secondary N) is 1. The van der Waals surface area contributed by atoms with Crippen molar-refractivity contribution in [3.63, 3.8) is 0 Å². The molecule has 102 valence electrons. The number of rotatable bonds is 3. The highest BCUT2D eigenvalue weighted by atomic mass is 32.2. The molecule has 6 nitrogen and oxygen atoms in total. The van der Waals surface area contributed by atoms with Crippen molar-refractivity contribution in [1.29, 1.82) is 5.26 Å². The Morgan fingerprint density at radius 1 is 1.35 bits per heavy atom. The molecule has 0 aliphatic heterocycles. The van der Waals surface area contributed by atoms with Crippen LogP contribution in [-0.2, 0) is 10.0 Å². The molecule has 0 aliphatic rings. The molecule has 2 aromatic rings. The fraction of sp³-hybridized carbons (Fsp3) is 0.0769. The van der Waals surface area contributed by atoms with Crippen molar-refractivity contribution in [3.8, 4) is 6.07 Å². The number of hydrogen-bond donors (Lipinski definition) is 2. The molecule has 1 aromatic heterocycles. The van der Waals surface area contributed by atoms with Gasteiger partial charge in [-0.25, -0.2) is 13.4 Å². The Morgan fingerprint density at radius 2 is 2.10 bits per heavy atom. The van der Waals surface area contributed by atoms with Crippen LogP contribution in [0.5, 0.6) is 0 Å². The molecule has 0 saturated carbocycles. The minimum absolute atomic E-state index is 0.00426. The van der Waals surface area contributed by atoms with Crippen molar-refractivity contribution < 1.29 is 8.42 Å². The lowest BCUT2D eigenvalue weighted by Crippen LogP contribution is -2.14. The second kappa shape index (κ2) is 5.19. The molecule has 0 aliphatic carbocycles. The van der Waals surface area contributed by atoms with E-state index in [2.05, 4.69) is 9.71 Å². The van der Waals surface area contributed by atoms with Crippen molar-refractivity contribution >= 4 is 21.5 Å². The van der Waals surface area contributed by atoms with E-state index in [0.717, 1.165) is 0 Å². The van der Waals surface area contributed by atoms with E-state index < -0.39 is 10.0 Å². The highest BCUT2D eigenvalue weighted by Crippen LogP contribution is 2.22. The van der Waals surface area contributed by atoms with Crippen molar-refractivity contribution in [2.24, 2.45) is 0 Å². The highest BCUT2D eigenvalue weighted by Gasteiger charge is 2.17. The number of sulfonamides is 1. The van der Waals surface area contributed by atoms with Crippen molar-refractivity contribution in [3.05, 3.63) is 47.7 Å². The van der Waals surface area contributed by atoms with E-state index in [9.17, 15) is 8.42 Å². The van der Waals surface area contributed by atoms with Crippen LogP contribution in [0.2, 0.25) is 0 Å². The third-order valence-corrected chi connectivity index (χ3v) is 4.05. The third kappa shape index (κ3) is 2.70. The van der Waals surface area contributed by atoms with Crippen molar-refractivity contribution in [2.75, 3.05) is 10.5 Å². The average molecular weight is 288 g/mol. The first kappa shape index (κ1) is 13.8. The van der Waals surface area contributed by atoms with Crippen LogP contribution in [0.4, 0.5) is 11.5 Å². The summed E-state index contributed by atoms with van der Waals surface area (Å²) in [6.45, 7) is 1.74. The summed E-state index contributed by atoms with van der Waals surface area (Å²) in [6.07, 6.45) is 1.31. The van der Waals surface area contributed by atoms with Gasteiger partial charge in [0.25, 0.3) is 10.0 Å². The number of pyridine rings is 1. The van der Waals surface area contributed by atoms with Crippen molar-refractivity contribution in [1.82, 2.24) is 4.98 Å². The van der Waals surface area contributed by atoms with Gasteiger partial charge in [-0.05, 0) is 24.6 Å². The van der Waals surface area contributed by atoms with Crippen LogP contribution in [0.3, 0.4) is 0 Å². The Hall–Kier alpha value is -2.59. The van der Waals surface area contributed by atoms with Gasteiger partial charge < -0.3 is 5.73 Å². The number of anilines is 2. The van der Waals surface area contributed by atoms with E-state index in [0.29, 0.717) is 5.56 Å². The molecule has 1 heterocycles. The number of nitrogen functional groups attached to an aromatic ring is 1. The lowest BCUT2D eigenvalue weighted by Gasteiger charge is -2.10. The molecule has 0 amide bonds. The number of aryl methyl sites for hydroxylation is 1. The van der Waals surface area contributed by atoms with Crippen LogP contribution in [0.15, 0.2) is 41.4 Å². The van der Waals surface area contributed by atoms with Gasteiger partial charge in [-0.15, -0.1) is 0 Å². The molecule has 1 aromatic carbocycles. The van der Waals surface area contributed by atoms with Crippen LogP contribution < -0.4 is 10.5 Å². The number of nitrogens with two attached hydrogens (primary N) is 1. The minimum atomic E-state index is -3.81. The zero-order chi connectivity index (χ0) is 14.8. The molecule has 20 heavy (non-hydrogen) atoms. The van der Waals surface area contributed by atoms with Gasteiger partial charge in [-0.1, -0.05) is 12.1 Å². The van der Waals surface area contributed by atoms with Gasteiger partial charge in [0.15, 0.2) is 0 Å². The monoisotopic (exact) mass is 288 g/mol. The molecule has 3 N–H and O–H groups in total. The Kier molecular flexibility index (Phi) is 3.59. The fourth-order valence-electron chi connectivity index (χ4n) is 1.70. The maximum absolute atomic E-state index is 12.2. The Balaban J connectivity index is 2.45. The van der Waals surface area contributed by atoms with Gasteiger partial charge in [0.05, 0.1) is 16.1 Å². The largest absolute Gasteiger partial charge is 0.384 e. The molecule has 0 unspecified atom stereocenters. The smallest absolute Gasteiger partial charge is 0.262 e. The molecule has 0 spiro atoms. The lowest BCUT2D eigenvalue weighted by molar-refractivity contribution is 0.601. The number of nitriles is 1. The summed E-state index contributed by atoms with van der Waals surface area (Å²) in [5.41, 5.74) is 6.70. The minimum Gasteiger partial charge on any atom is -0.384 e. The standard InChI is InChI=1S/C13H12N4O2S/c1-9-3-2-4-12(11(9)8-14)17-20(18,19)10-5-6-16-13(15)7-10/h2-7,17H,1H3,(H2,15,16). The van der Waals surface area contributed by atoms with Gasteiger partial charge in [0.1, 0.15) is 11.9 Å². The van der Waals surface area contributed by atoms with Gasteiger partial charge in [0, 0.05) is 12.3 Å². The van der Waals surface area contributed by atoms with Gasteiger partial charge in [-0.3, -0.25) is 4.72 Å². The Labute approximate surface area is 116 Å². The summed E-state index contributed by atoms with van der Waals surface area (Å²) in [7, 11) is -3.81. The van der Waals surface area contributed by atoms with Crippen LogP contribution in [0.25, 0.3) is 0 Å². The predicted molar refractivity (Wildman–Crippen MR) is 75.4 cm³/mol. The number of aromatic nitrogens is 1. The van der Waals surface area contributed by atoms with Crippen LogP contribution >= 0.6 is 0 Å². The molecule has 0 saturated heterocycles. The predicted octanol–water partition coefficient (Wildman–Crippen LogP) is 1.64. The second-order valence-corrected chi connectivity index (χ2v) is 5.81. The number of nitrogens with zero attached hydrogens (tertiary/aromatic N) is 2. The first-order chi connectivity index (χ1) is 9.44. The summed E-state index contributed by atoms with van der Waals surface area (Å²) < 4.78 is 26.8. The number of benzene rings is 1. The first-order valence-electron chi connectivity index (χ1n) is 5.68. The third-order valence-electron chi connectivity index (χ3n) is 2.69. The second-order valence-electron chi connectivity index (χ2n) is 4.13. The van der Waals surface area contributed by atoms with Gasteiger partial charge in [0.2, 0.25) is 0 Å². The quantitative estimate of drug-likeness (QED) is 0.892. The lowest BCUT2D eigenvalue weighted by atomic mass is 10.1. The topological polar surface area (TPSA) is 109 Å². The van der Waals surface area contributed by atoms with E-state index in [4.69, 9.17) is 11.0 Å². The number of hydrogen-bond acceptors (Lipinski definition) is 5. The van der Waals surface area contributed by atoms with Crippen LogP contribution in [0, 0.1) is 18.3 Å². The molecular weight excluding hydrogens is 276 g/mol. The summed E-state index contributed by atoms with van der Waals surface area (Å²) in [6, 6.07) is 9.52. The molecule has 0 bridgehead atoms. The first-order valence-corrected chi connectivity index (χ1v) is 7.16. The Morgan fingerprint density at radius 3 is 2.75 bits per heavy atom. The van der Waals surface area contributed by atoms with Crippen molar-refractivity contribution in [2.45, 2.75) is 11.8 Å². The molecule has 0 radical (unpaired) electrons.